The molecule has 0 aliphatic carbocycles. The molecule has 41 heavy (non-hydrogen) atoms. The fraction of sp³-hybridized carbons (Fsp3) is 0.382. The number of halogens is 1. The van der Waals surface area contributed by atoms with E-state index in [4.69, 9.17) is 14.5 Å². The molecule has 0 radical (unpaired) electrons. The fourth-order valence-corrected chi connectivity index (χ4v) is 3.38. The monoisotopic (exact) mass is 566 g/mol. The number of rotatable bonds is 9. The number of primary amides is 1. The number of aromatic nitrogens is 1. The lowest BCUT2D eigenvalue weighted by Crippen LogP contribution is -2.12. The Bertz CT molecular complexity index is 1150. The molecule has 0 atom stereocenters. The normalized spacial score (nSPS) is 9.41. The van der Waals surface area contributed by atoms with Crippen LogP contribution >= 0.6 is 0 Å². The number of amides is 1. The van der Waals surface area contributed by atoms with E-state index < -0.39 is 0 Å². The summed E-state index contributed by atoms with van der Waals surface area (Å²) in [6.07, 6.45) is 5.84. The van der Waals surface area contributed by atoms with Gasteiger partial charge in [-0.3, -0.25) is 9.79 Å². The molecule has 1 amide bonds. The molecule has 1 heterocycles. The molecule has 0 fully saturated rings. The molecule has 0 saturated heterocycles. The highest BCUT2D eigenvalue weighted by Gasteiger charge is 2.13. The topological polar surface area (TPSA) is 89.6 Å². The van der Waals surface area contributed by atoms with E-state index in [9.17, 15) is 4.39 Å². The number of benzene rings is 2. The number of nitrogens with two attached hydrogens (primary N) is 1. The third kappa shape index (κ3) is 15.5. The van der Waals surface area contributed by atoms with Crippen LogP contribution in [0, 0.1) is 19.7 Å². The van der Waals surface area contributed by atoms with Gasteiger partial charge in [0, 0.05) is 30.4 Å². The quantitative estimate of drug-likeness (QED) is 0.201. The number of aliphatic imine (C=N–C) groups is 1. The van der Waals surface area contributed by atoms with Crippen LogP contribution < -0.4 is 15.8 Å². The first kappa shape index (κ1) is 39.3. The lowest BCUT2D eigenvalue weighted by molar-refractivity contribution is -0.106. The van der Waals surface area contributed by atoms with Gasteiger partial charge in [0.05, 0.1) is 12.3 Å². The van der Waals surface area contributed by atoms with E-state index in [0.717, 1.165) is 58.9 Å². The van der Waals surface area contributed by atoms with Crippen LogP contribution in [0.2, 0.25) is 0 Å². The predicted octanol–water partition coefficient (Wildman–Crippen LogP) is 8.26. The highest BCUT2D eigenvalue weighted by atomic mass is 19.1. The zero-order valence-electron chi connectivity index (χ0n) is 26.6. The van der Waals surface area contributed by atoms with Crippen LogP contribution in [-0.4, -0.2) is 37.8 Å². The number of ether oxygens (including phenoxy) is 1. The van der Waals surface area contributed by atoms with Crippen molar-refractivity contribution in [2.45, 2.75) is 68.2 Å². The van der Waals surface area contributed by atoms with Gasteiger partial charge in [-0.2, -0.15) is 0 Å². The second kappa shape index (κ2) is 25.1. The van der Waals surface area contributed by atoms with Crippen molar-refractivity contribution in [3.8, 4) is 17.0 Å². The van der Waals surface area contributed by atoms with Crippen LogP contribution in [0.5, 0.6) is 5.75 Å². The molecule has 0 aliphatic rings. The molecule has 0 unspecified atom stereocenters. The average molecular weight is 567 g/mol. The lowest BCUT2D eigenvalue weighted by atomic mass is 10.1. The molecular formula is C34H51FN4O2. The maximum atomic E-state index is 13.1. The minimum atomic E-state index is -0.250. The van der Waals surface area contributed by atoms with E-state index in [-0.39, 0.29) is 12.2 Å². The summed E-state index contributed by atoms with van der Waals surface area (Å²) in [4.78, 5) is 17.6. The van der Waals surface area contributed by atoms with Crippen molar-refractivity contribution in [3.05, 3.63) is 83.3 Å². The number of pyridine rings is 1. The van der Waals surface area contributed by atoms with Crippen molar-refractivity contribution in [1.82, 2.24) is 10.3 Å². The van der Waals surface area contributed by atoms with E-state index in [2.05, 4.69) is 48.6 Å². The van der Waals surface area contributed by atoms with Gasteiger partial charge in [0.25, 0.3) is 0 Å². The van der Waals surface area contributed by atoms with Crippen molar-refractivity contribution >= 4 is 24.4 Å². The maximum absolute atomic E-state index is 13.1. The van der Waals surface area contributed by atoms with Crippen LogP contribution in [0.3, 0.4) is 0 Å². The summed E-state index contributed by atoms with van der Waals surface area (Å²) in [6, 6.07) is 14.6. The van der Waals surface area contributed by atoms with E-state index >= 15 is 0 Å². The van der Waals surface area contributed by atoms with Crippen molar-refractivity contribution in [2.24, 2.45) is 10.7 Å². The Labute approximate surface area is 248 Å². The van der Waals surface area contributed by atoms with E-state index in [1.165, 1.54) is 17.7 Å². The SMILES string of the molecule is C=Cc1ccc(N=CCC)c(C)c1.CC.CC.CCOc1c(C)cc(CCNC)nc1-c1ccc(F)cc1.NC=O. The van der Waals surface area contributed by atoms with Crippen LogP contribution in [0.15, 0.2) is 60.1 Å². The standard InChI is InChI=1S/C17H21FN2O.C12H15N.2C2H6.CH3NO/c1-4-21-17-12(2)11-15(9-10-19-3)20-16(17)13-5-7-14(18)8-6-13;1-4-8-13-12-7-6-11(5-2)9-10(12)3;2*1-2;2-1-3/h5-8,11,19H,4,9-10H2,1-3H3;5-9H,2,4H2,1,3H3;2*1-2H3;1H,(H2,2,3). The molecule has 3 N–H and O–H groups in total. The summed E-state index contributed by atoms with van der Waals surface area (Å²) < 4.78 is 18.9. The highest BCUT2D eigenvalue weighted by molar-refractivity contribution is 5.68. The molecule has 0 spiro atoms. The molecule has 0 bridgehead atoms. The summed E-state index contributed by atoms with van der Waals surface area (Å²) in [5.41, 5.74) is 11.3. The lowest BCUT2D eigenvalue weighted by Gasteiger charge is -2.14. The molecule has 6 nitrogen and oxygen atoms in total. The van der Waals surface area contributed by atoms with Crippen LogP contribution in [-0.2, 0) is 11.2 Å². The smallest absolute Gasteiger partial charge is 0.204 e. The first-order valence-electron chi connectivity index (χ1n) is 14.3. The van der Waals surface area contributed by atoms with Crippen molar-refractivity contribution in [3.63, 3.8) is 0 Å². The molecule has 2 aromatic carbocycles. The van der Waals surface area contributed by atoms with Gasteiger partial charge in [-0.1, -0.05) is 53.3 Å². The number of hydrogen-bond donors (Lipinski definition) is 2. The van der Waals surface area contributed by atoms with Crippen molar-refractivity contribution in [2.75, 3.05) is 20.2 Å². The second-order valence-electron chi connectivity index (χ2n) is 8.01. The van der Waals surface area contributed by atoms with Crippen LogP contribution in [0.25, 0.3) is 17.3 Å². The van der Waals surface area contributed by atoms with Crippen LogP contribution in [0.1, 0.15) is 70.3 Å². The number of hydrogen-bond acceptors (Lipinski definition) is 5. The van der Waals surface area contributed by atoms with Gasteiger partial charge in [0.15, 0.2) is 0 Å². The van der Waals surface area contributed by atoms with Gasteiger partial charge < -0.3 is 15.8 Å². The fourth-order valence-electron chi connectivity index (χ4n) is 3.38. The van der Waals surface area contributed by atoms with Gasteiger partial charge in [-0.15, -0.1) is 0 Å². The maximum Gasteiger partial charge on any atom is 0.204 e. The number of carbonyl (C=O) groups excluding carboxylic acids is 1. The van der Waals surface area contributed by atoms with Gasteiger partial charge in [-0.25, -0.2) is 9.37 Å². The summed E-state index contributed by atoms with van der Waals surface area (Å²) in [7, 11) is 1.92. The molecule has 0 aliphatic heterocycles. The molecule has 1 aromatic heterocycles. The van der Waals surface area contributed by atoms with Crippen molar-refractivity contribution in [1.29, 1.82) is 0 Å². The summed E-state index contributed by atoms with van der Waals surface area (Å²) in [5, 5.41) is 3.12. The summed E-state index contributed by atoms with van der Waals surface area (Å²) in [5.74, 6) is 0.525. The predicted molar refractivity (Wildman–Crippen MR) is 176 cm³/mol. The number of carbonyl (C=O) groups is 1. The Hall–Kier alpha value is -3.84. The number of nitrogens with zero attached hydrogens (tertiary/aromatic N) is 2. The minimum Gasteiger partial charge on any atom is -0.491 e. The molecule has 3 rings (SSSR count). The number of likely N-dealkylation sites (N-methyl/N-ethyl adjacent to an activating group) is 1. The molecule has 7 heteroatoms. The number of aryl methyl sites for hydroxylation is 2. The van der Waals surface area contributed by atoms with Crippen LogP contribution in [0.4, 0.5) is 10.1 Å². The van der Waals surface area contributed by atoms with Crippen molar-refractivity contribution < 1.29 is 13.9 Å². The Morgan fingerprint density at radius 3 is 2.12 bits per heavy atom. The zero-order valence-corrected chi connectivity index (χ0v) is 26.6. The third-order valence-electron chi connectivity index (χ3n) is 5.12. The average Bonchev–Trinajstić information content (AvgIpc) is 3.00. The zero-order chi connectivity index (χ0) is 31.6. The Balaban J connectivity index is 0. The van der Waals surface area contributed by atoms with E-state index in [0.29, 0.717) is 6.61 Å². The first-order valence-corrected chi connectivity index (χ1v) is 14.3. The van der Waals surface area contributed by atoms with Gasteiger partial charge in [0.2, 0.25) is 6.41 Å². The largest absolute Gasteiger partial charge is 0.491 e. The Morgan fingerprint density at radius 1 is 1.02 bits per heavy atom. The third-order valence-corrected chi connectivity index (χ3v) is 5.12. The van der Waals surface area contributed by atoms with Gasteiger partial charge in [0.1, 0.15) is 17.3 Å². The second-order valence-corrected chi connectivity index (χ2v) is 8.01. The Kier molecular flexibility index (Phi) is 24.1. The van der Waals surface area contributed by atoms with Gasteiger partial charge >= 0.3 is 0 Å². The molecular weight excluding hydrogens is 515 g/mol. The Morgan fingerprint density at radius 2 is 1.63 bits per heavy atom. The minimum absolute atomic E-state index is 0.250. The molecule has 3 aromatic rings. The van der Waals surface area contributed by atoms with Gasteiger partial charge in [-0.05, 0) is 93.4 Å². The first-order chi connectivity index (χ1) is 19.8. The highest BCUT2D eigenvalue weighted by Crippen LogP contribution is 2.32. The van der Waals surface area contributed by atoms with E-state index in [1.807, 2.05) is 73.0 Å². The number of nitrogens with one attached hydrogen (secondary N) is 1. The van der Waals surface area contributed by atoms with E-state index in [1.54, 1.807) is 12.1 Å². The molecule has 226 valence electrons. The summed E-state index contributed by atoms with van der Waals surface area (Å²) in [6.45, 7) is 21.3. The summed E-state index contributed by atoms with van der Waals surface area (Å²) >= 11 is 0. The molecule has 0 saturated carbocycles.